The summed E-state index contributed by atoms with van der Waals surface area (Å²) in [7, 11) is 0. The van der Waals surface area contributed by atoms with Crippen molar-refractivity contribution < 1.29 is 4.74 Å². The summed E-state index contributed by atoms with van der Waals surface area (Å²) in [6.45, 7) is 4.22. The smallest absolute Gasteiger partial charge is 0.145 e. The number of pyridine rings is 1. The van der Waals surface area contributed by atoms with Gasteiger partial charge in [-0.1, -0.05) is 32.0 Å². The molecule has 0 bridgehead atoms. The quantitative estimate of drug-likeness (QED) is 0.870. The van der Waals surface area contributed by atoms with Crippen molar-refractivity contribution in [2.45, 2.75) is 39.2 Å². The van der Waals surface area contributed by atoms with Gasteiger partial charge in [0, 0.05) is 12.2 Å². The fraction of sp³-hybridized carbons (Fsp3) is 0.353. The summed E-state index contributed by atoms with van der Waals surface area (Å²) in [5.74, 6) is 1.67. The van der Waals surface area contributed by atoms with Gasteiger partial charge in [-0.2, -0.15) is 0 Å². The van der Waals surface area contributed by atoms with Gasteiger partial charge in [-0.25, -0.2) is 0 Å². The van der Waals surface area contributed by atoms with Crippen LogP contribution in [0.3, 0.4) is 0 Å². The van der Waals surface area contributed by atoms with Crippen LogP contribution in [0.15, 0.2) is 42.7 Å². The van der Waals surface area contributed by atoms with Crippen LogP contribution < -0.4 is 10.5 Å². The van der Waals surface area contributed by atoms with Gasteiger partial charge in [0.05, 0.1) is 6.20 Å². The Bertz CT molecular complexity index is 554. The maximum atomic E-state index is 5.98. The standard InChI is InChI=1S/C17H22N2O/c1-3-14-7-5-6-8-17(14)20-16-10-13(11-19-12-16)9-15(18)4-2/h5-8,10-12,15H,3-4,9,18H2,1-2H3. The van der Waals surface area contributed by atoms with E-state index in [-0.39, 0.29) is 6.04 Å². The molecule has 0 radical (unpaired) electrons. The molecule has 0 aliphatic carbocycles. The summed E-state index contributed by atoms with van der Waals surface area (Å²) >= 11 is 0. The van der Waals surface area contributed by atoms with Gasteiger partial charge in [0.1, 0.15) is 11.5 Å². The first-order valence-corrected chi connectivity index (χ1v) is 7.18. The molecule has 0 saturated carbocycles. The van der Waals surface area contributed by atoms with E-state index < -0.39 is 0 Å². The molecule has 1 aromatic carbocycles. The Morgan fingerprint density at radius 3 is 2.75 bits per heavy atom. The highest BCUT2D eigenvalue weighted by Gasteiger charge is 2.06. The first kappa shape index (κ1) is 14.5. The molecule has 1 aromatic heterocycles. The average molecular weight is 270 g/mol. The Labute approximate surface area is 120 Å². The molecule has 1 unspecified atom stereocenters. The van der Waals surface area contributed by atoms with E-state index in [1.807, 2.05) is 30.5 Å². The van der Waals surface area contributed by atoms with Crippen LogP contribution in [0.25, 0.3) is 0 Å². The molecule has 106 valence electrons. The van der Waals surface area contributed by atoms with E-state index in [2.05, 4.69) is 24.9 Å². The van der Waals surface area contributed by atoms with Crippen LogP contribution in [0.4, 0.5) is 0 Å². The molecule has 0 aliphatic rings. The zero-order chi connectivity index (χ0) is 14.4. The predicted octanol–water partition coefficient (Wildman–Crippen LogP) is 3.72. The molecule has 0 spiro atoms. The summed E-state index contributed by atoms with van der Waals surface area (Å²) < 4.78 is 5.95. The third-order valence-electron chi connectivity index (χ3n) is 3.37. The number of nitrogens with two attached hydrogens (primary N) is 1. The number of benzene rings is 1. The summed E-state index contributed by atoms with van der Waals surface area (Å²) in [4.78, 5) is 4.24. The minimum atomic E-state index is 0.176. The SMILES string of the molecule is CCc1ccccc1Oc1cncc(CC(N)CC)c1. The second kappa shape index (κ2) is 7.06. The highest BCUT2D eigenvalue weighted by atomic mass is 16.5. The third kappa shape index (κ3) is 3.81. The molecule has 1 atom stereocenters. The Morgan fingerprint density at radius 2 is 2.00 bits per heavy atom. The Hall–Kier alpha value is -1.87. The number of hydrogen-bond acceptors (Lipinski definition) is 3. The van der Waals surface area contributed by atoms with E-state index in [9.17, 15) is 0 Å². The average Bonchev–Trinajstić information content (AvgIpc) is 2.48. The second-order valence-corrected chi connectivity index (χ2v) is 4.96. The molecule has 1 heterocycles. The molecule has 0 aliphatic heterocycles. The highest BCUT2D eigenvalue weighted by Crippen LogP contribution is 2.25. The normalized spacial score (nSPS) is 12.2. The van der Waals surface area contributed by atoms with Crippen LogP contribution >= 0.6 is 0 Å². The molecule has 2 N–H and O–H groups in total. The molecule has 3 heteroatoms. The summed E-state index contributed by atoms with van der Waals surface area (Å²) in [6.07, 6.45) is 6.34. The zero-order valence-corrected chi connectivity index (χ0v) is 12.2. The predicted molar refractivity (Wildman–Crippen MR) is 82.1 cm³/mol. The van der Waals surface area contributed by atoms with Crippen molar-refractivity contribution in [3.63, 3.8) is 0 Å². The minimum absolute atomic E-state index is 0.176. The number of aryl methyl sites for hydroxylation is 1. The van der Waals surface area contributed by atoms with Crippen molar-refractivity contribution in [2.75, 3.05) is 0 Å². The maximum absolute atomic E-state index is 5.98. The first-order chi connectivity index (χ1) is 9.72. The molecule has 3 nitrogen and oxygen atoms in total. The van der Waals surface area contributed by atoms with E-state index in [0.29, 0.717) is 0 Å². The van der Waals surface area contributed by atoms with E-state index in [1.165, 1.54) is 5.56 Å². The molecule has 2 rings (SSSR count). The number of aromatic nitrogens is 1. The fourth-order valence-electron chi connectivity index (χ4n) is 2.10. The van der Waals surface area contributed by atoms with Crippen molar-refractivity contribution >= 4 is 0 Å². The van der Waals surface area contributed by atoms with Gasteiger partial charge >= 0.3 is 0 Å². The van der Waals surface area contributed by atoms with Gasteiger partial charge in [-0.15, -0.1) is 0 Å². The van der Waals surface area contributed by atoms with Gasteiger partial charge in [-0.3, -0.25) is 4.98 Å². The van der Waals surface area contributed by atoms with Crippen LogP contribution in [0.1, 0.15) is 31.4 Å². The maximum Gasteiger partial charge on any atom is 0.145 e. The zero-order valence-electron chi connectivity index (χ0n) is 12.2. The molecular formula is C17H22N2O. The van der Waals surface area contributed by atoms with Crippen LogP contribution in [-0.2, 0) is 12.8 Å². The van der Waals surface area contributed by atoms with Crippen LogP contribution in [0, 0.1) is 0 Å². The summed E-state index contributed by atoms with van der Waals surface area (Å²) in [6, 6.07) is 10.3. The number of rotatable bonds is 6. The lowest BCUT2D eigenvalue weighted by Crippen LogP contribution is -2.21. The van der Waals surface area contributed by atoms with E-state index in [1.54, 1.807) is 6.20 Å². The second-order valence-electron chi connectivity index (χ2n) is 4.96. The van der Waals surface area contributed by atoms with E-state index >= 15 is 0 Å². The molecule has 0 saturated heterocycles. The Kier molecular flexibility index (Phi) is 5.13. The van der Waals surface area contributed by atoms with E-state index in [4.69, 9.17) is 10.5 Å². The Morgan fingerprint density at radius 1 is 1.20 bits per heavy atom. The summed E-state index contributed by atoms with van der Waals surface area (Å²) in [5.41, 5.74) is 8.30. The van der Waals surface area contributed by atoms with Crippen LogP contribution in [0.2, 0.25) is 0 Å². The van der Waals surface area contributed by atoms with Crippen molar-refractivity contribution in [1.82, 2.24) is 4.98 Å². The van der Waals surface area contributed by atoms with Gasteiger partial charge < -0.3 is 10.5 Å². The lowest BCUT2D eigenvalue weighted by Gasteiger charge is -2.12. The largest absolute Gasteiger partial charge is 0.455 e. The monoisotopic (exact) mass is 270 g/mol. The minimum Gasteiger partial charge on any atom is -0.455 e. The number of nitrogens with zero attached hydrogens (tertiary/aromatic N) is 1. The molecule has 0 amide bonds. The lowest BCUT2D eigenvalue weighted by molar-refractivity contribution is 0.473. The van der Waals surface area contributed by atoms with Gasteiger partial charge in [-0.05, 0) is 42.5 Å². The number of para-hydroxylation sites is 1. The third-order valence-corrected chi connectivity index (χ3v) is 3.37. The lowest BCUT2D eigenvalue weighted by atomic mass is 10.1. The van der Waals surface area contributed by atoms with Gasteiger partial charge in [0.2, 0.25) is 0 Å². The number of ether oxygens (including phenoxy) is 1. The van der Waals surface area contributed by atoms with Crippen LogP contribution in [-0.4, -0.2) is 11.0 Å². The molecular weight excluding hydrogens is 248 g/mol. The molecule has 2 aromatic rings. The van der Waals surface area contributed by atoms with Crippen molar-refractivity contribution in [1.29, 1.82) is 0 Å². The van der Waals surface area contributed by atoms with Crippen molar-refractivity contribution in [3.05, 3.63) is 53.9 Å². The van der Waals surface area contributed by atoms with E-state index in [0.717, 1.165) is 36.3 Å². The topological polar surface area (TPSA) is 48.1 Å². The first-order valence-electron chi connectivity index (χ1n) is 7.18. The Balaban J connectivity index is 2.15. The fourth-order valence-corrected chi connectivity index (χ4v) is 2.10. The van der Waals surface area contributed by atoms with Gasteiger partial charge in [0.15, 0.2) is 0 Å². The highest BCUT2D eigenvalue weighted by molar-refractivity contribution is 5.37. The molecule has 20 heavy (non-hydrogen) atoms. The number of hydrogen-bond donors (Lipinski definition) is 1. The van der Waals surface area contributed by atoms with Crippen molar-refractivity contribution in [2.24, 2.45) is 5.73 Å². The van der Waals surface area contributed by atoms with Gasteiger partial charge in [0.25, 0.3) is 0 Å². The summed E-state index contributed by atoms with van der Waals surface area (Å²) in [5, 5.41) is 0. The van der Waals surface area contributed by atoms with Crippen molar-refractivity contribution in [3.8, 4) is 11.5 Å². The van der Waals surface area contributed by atoms with Crippen LogP contribution in [0.5, 0.6) is 11.5 Å². The molecule has 0 fully saturated rings.